The van der Waals surface area contributed by atoms with E-state index in [0.29, 0.717) is 17.1 Å². The van der Waals surface area contributed by atoms with Gasteiger partial charge in [-0.1, -0.05) is 17.7 Å². The molecule has 1 aromatic heterocycles. The molecule has 1 heterocycles. The smallest absolute Gasteiger partial charge is 0.342 e. The summed E-state index contributed by atoms with van der Waals surface area (Å²) in [5.41, 5.74) is 2.15. The van der Waals surface area contributed by atoms with Crippen LogP contribution in [0.1, 0.15) is 32.1 Å². The summed E-state index contributed by atoms with van der Waals surface area (Å²) < 4.78 is 10.4. The van der Waals surface area contributed by atoms with Crippen LogP contribution in [0.2, 0.25) is 0 Å². The van der Waals surface area contributed by atoms with Crippen LogP contribution in [-0.4, -0.2) is 7.11 Å². The Kier molecular flexibility index (Phi) is 4.32. The van der Waals surface area contributed by atoms with Crippen LogP contribution in [0.4, 0.5) is 0 Å². The first-order valence-corrected chi connectivity index (χ1v) is 5.50. The molecule has 0 atom stereocenters. The number of hydrogen-bond acceptors (Lipinski definition) is 3. The topological polar surface area (TPSA) is 39.4 Å². The molecule has 0 aromatic carbocycles. The Balaban J connectivity index is 3.29. The largest absolute Gasteiger partial charge is 0.496 e. The second kappa shape index (κ2) is 5.53. The molecule has 0 aliphatic heterocycles. The van der Waals surface area contributed by atoms with E-state index in [0.717, 1.165) is 11.1 Å². The fraction of sp³-hybridized carbons (Fsp3) is 0.357. The summed E-state index contributed by atoms with van der Waals surface area (Å²) in [5.74, 6) is 1.10. The second-order valence-electron chi connectivity index (χ2n) is 3.95. The number of rotatable bonds is 3. The van der Waals surface area contributed by atoms with Crippen molar-refractivity contribution in [1.82, 2.24) is 0 Å². The molecule has 0 radical (unpaired) electrons. The van der Waals surface area contributed by atoms with E-state index in [9.17, 15) is 4.79 Å². The predicted molar refractivity (Wildman–Crippen MR) is 69.3 cm³/mol. The van der Waals surface area contributed by atoms with Crippen molar-refractivity contribution in [2.75, 3.05) is 7.11 Å². The lowest BCUT2D eigenvalue weighted by Crippen LogP contribution is -2.06. The van der Waals surface area contributed by atoms with Gasteiger partial charge in [0, 0.05) is 6.07 Å². The van der Waals surface area contributed by atoms with Crippen molar-refractivity contribution < 1.29 is 9.15 Å². The molecular weight excluding hydrogens is 216 g/mol. The van der Waals surface area contributed by atoms with Gasteiger partial charge < -0.3 is 9.15 Å². The van der Waals surface area contributed by atoms with Gasteiger partial charge in [0.2, 0.25) is 0 Å². The zero-order valence-corrected chi connectivity index (χ0v) is 11.0. The Hall–Kier alpha value is -1.77. The van der Waals surface area contributed by atoms with Crippen LogP contribution in [0.25, 0.3) is 5.57 Å². The highest BCUT2D eigenvalue weighted by atomic mass is 16.5. The van der Waals surface area contributed by atoms with Crippen molar-refractivity contribution in [1.29, 1.82) is 0 Å². The normalized spacial score (nSPS) is 12.8. The van der Waals surface area contributed by atoms with Crippen molar-refractivity contribution in [3.63, 3.8) is 0 Å². The lowest BCUT2D eigenvalue weighted by molar-refractivity contribution is 0.395. The minimum Gasteiger partial charge on any atom is -0.496 e. The molecule has 3 nitrogen and oxygen atoms in total. The van der Waals surface area contributed by atoms with Crippen molar-refractivity contribution >= 4 is 5.57 Å². The third kappa shape index (κ3) is 3.09. The second-order valence-corrected chi connectivity index (χ2v) is 3.95. The van der Waals surface area contributed by atoms with E-state index < -0.39 is 0 Å². The average molecular weight is 234 g/mol. The third-order valence-electron chi connectivity index (χ3n) is 2.65. The van der Waals surface area contributed by atoms with Gasteiger partial charge in [-0.2, -0.15) is 0 Å². The molecule has 0 saturated heterocycles. The van der Waals surface area contributed by atoms with Crippen LogP contribution in [-0.2, 0) is 0 Å². The molecular formula is C14H18O3. The van der Waals surface area contributed by atoms with E-state index in [2.05, 4.69) is 0 Å². The molecule has 3 heteroatoms. The molecule has 0 amide bonds. The summed E-state index contributed by atoms with van der Waals surface area (Å²) in [4.78, 5) is 11.6. The first-order chi connectivity index (χ1) is 7.99. The molecule has 0 bridgehead atoms. The lowest BCUT2D eigenvalue weighted by Gasteiger charge is -2.06. The van der Waals surface area contributed by atoms with Crippen LogP contribution < -0.4 is 10.4 Å². The molecule has 1 rings (SSSR count). The number of methoxy groups -OCH3 is 1. The molecule has 0 spiro atoms. The zero-order chi connectivity index (χ0) is 13.0. The van der Waals surface area contributed by atoms with E-state index in [1.165, 1.54) is 0 Å². The summed E-state index contributed by atoms with van der Waals surface area (Å²) in [7, 11) is 1.54. The molecule has 0 N–H and O–H groups in total. The highest BCUT2D eigenvalue weighted by molar-refractivity contribution is 5.63. The number of allylic oxidation sites excluding steroid dienone is 4. The van der Waals surface area contributed by atoms with E-state index in [-0.39, 0.29) is 5.63 Å². The molecule has 0 unspecified atom stereocenters. The van der Waals surface area contributed by atoms with Gasteiger partial charge in [0.05, 0.1) is 12.7 Å². The zero-order valence-electron chi connectivity index (χ0n) is 11.0. The van der Waals surface area contributed by atoms with Gasteiger partial charge in [0.1, 0.15) is 11.5 Å². The number of hydrogen-bond donors (Lipinski definition) is 0. The fourth-order valence-corrected chi connectivity index (χ4v) is 1.44. The summed E-state index contributed by atoms with van der Waals surface area (Å²) >= 11 is 0. The minimum absolute atomic E-state index is 0.356. The van der Waals surface area contributed by atoms with Crippen molar-refractivity contribution in [3.8, 4) is 5.75 Å². The van der Waals surface area contributed by atoms with Crippen molar-refractivity contribution in [3.05, 3.63) is 45.5 Å². The fourth-order valence-electron chi connectivity index (χ4n) is 1.44. The van der Waals surface area contributed by atoms with Gasteiger partial charge in [-0.25, -0.2) is 4.79 Å². The third-order valence-corrected chi connectivity index (χ3v) is 2.65. The van der Waals surface area contributed by atoms with Gasteiger partial charge in [-0.05, 0) is 33.3 Å². The highest BCUT2D eigenvalue weighted by Gasteiger charge is 2.09. The van der Waals surface area contributed by atoms with Gasteiger partial charge >= 0.3 is 5.63 Å². The highest BCUT2D eigenvalue weighted by Crippen LogP contribution is 2.21. The maximum absolute atomic E-state index is 11.6. The maximum atomic E-state index is 11.6. The van der Waals surface area contributed by atoms with Crippen LogP contribution in [0.3, 0.4) is 0 Å². The summed E-state index contributed by atoms with van der Waals surface area (Å²) in [6.45, 7) is 7.54. The van der Waals surface area contributed by atoms with Crippen LogP contribution in [0.5, 0.6) is 5.75 Å². The molecule has 0 fully saturated rings. The van der Waals surface area contributed by atoms with E-state index in [4.69, 9.17) is 9.15 Å². The van der Waals surface area contributed by atoms with Crippen LogP contribution in [0.15, 0.2) is 33.0 Å². The Morgan fingerprint density at radius 2 is 2.06 bits per heavy atom. The summed E-state index contributed by atoms with van der Waals surface area (Å²) in [5, 5.41) is 0. The Morgan fingerprint density at radius 3 is 2.59 bits per heavy atom. The van der Waals surface area contributed by atoms with E-state index in [1.807, 2.05) is 32.9 Å². The van der Waals surface area contributed by atoms with Gasteiger partial charge in [-0.15, -0.1) is 0 Å². The van der Waals surface area contributed by atoms with E-state index >= 15 is 0 Å². The first-order valence-electron chi connectivity index (χ1n) is 5.50. The summed E-state index contributed by atoms with van der Waals surface area (Å²) in [6.07, 6.45) is 3.96. The summed E-state index contributed by atoms with van der Waals surface area (Å²) in [6, 6.07) is 1.74. The monoisotopic (exact) mass is 234 g/mol. The average Bonchev–Trinajstić information content (AvgIpc) is 2.32. The number of ether oxygens (including phenoxy) is 1. The standard InChI is InChI=1S/C14H18O3/c1-6-9(2)7-10(3)12-8-13(16-5)11(4)14(15)17-12/h6-8H,1-5H3/b9-6-,10-7+. The minimum atomic E-state index is -0.356. The molecule has 0 aliphatic carbocycles. The lowest BCUT2D eigenvalue weighted by atomic mass is 10.1. The Morgan fingerprint density at radius 1 is 1.41 bits per heavy atom. The van der Waals surface area contributed by atoms with Crippen LogP contribution in [0, 0.1) is 6.92 Å². The van der Waals surface area contributed by atoms with Crippen LogP contribution >= 0.6 is 0 Å². The van der Waals surface area contributed by atoms with Gasteiger partial charge in [0.15, 0.2) is 0 Å². The maximum Gasteiger partial charge on any atom is 0.342 e. The molecule has 92 valence electrons. The van der Waals surface area contributed by atoms with Gasteiger partial charge in [0.25, 0.3) is 0 Å². The molecule has 0 saturated carbocycles. The quantitative estimate of drug-likeness (QED) is 0.753. The van der Waals surface area contributed by atoms with Crippen molar-refractivity contribution in [2.24, 2.45) is 0 Å². The first kappa shape index (κ1) is 13.3. The molecule has 0 aliphatic rings. The van der Waals surface area contributed by atoms with Gasteiger partial charge in [-0.3, -0.25) is 0 Å². The SMILES string of the molecule is C/C=C(C)\C=C(/C)c1cc(OC)c(C)c(=O)o1. The Labute approximate surface area is 101 Å². The van der Waals surface area contributed by atoms with Crippen molar-refractivity contribution in [2.45, 2.75) is 27.7 Å². The molecule has 17 heavy (non-hydrogen) atoms. The predicted octanol–water partition coefficient (Wildman–Crippen LogP) is 3.33. The molecule has 1 aromatic rings. The van der Waals surface area contributed by atoms with E-state index in [1.54, 1.807) is 20.1 Å². The Bertz CT molecular complexity index is 519.